The van der Waals surface area contributed by atoms with Crippen LogP contribution in [0.5, 0.6) is 0 Å². The molecule has 0 unspecified atom stereocenters. The van der Waals surface area contributed by atoms with E-state index in [1.807, 2.05) is 0 Å². The number of aliphatic hydroxyl groups is 3. The van der Waals surface area contributed by atoms with Gasteiger partial charge in [-0.25, -0.2) is 0 Å². The Morgan fingerprint density at radius 1 is 0.885 bits per heavy atom. The Balaban J connectivity index is 1.90. The SMILES string of the molecule is CCCCCC/C=C/CCCCCCCO[C@H]1CO[C@H](CO)[C@@H](O)[C@@H]1O. The maximum atomic E-state index is 9.97. The molecule has 5 nitrogen and oxygen atoms in total. The van der Waals surface area contributed by atoms with Crippen LogP contribution in [0.1, 0.15) is 77.6 Å². The number of ether oxygens (including phenoxy) is 2. The summed E-state index contributed by atoms with van der Waals surface area (Å²) in [5.74, 6) is 0. The van der Waals surface area contributed by atoms with Crippen molar-refractivity contribution in [2.45, 2.75) is 102 Å². The molecule has 0 saturated carbocycles. The molecule has 1 aliphatic heterocycles. The fourth-order valence-electron chi connectivity index (χ4n) is 3.22. The normalized spacial score (nSPS) is 26.6. The molecule has 5 heteroatoms. The van der Waals surface area contributed by atoms with Gasteiger partial charge < -0.3 is 24.8 Å². The van der Waals surface area contributed by atoms with Gasteiger partial charge in [0.15, 0.2) is 0 Å². The van der Waals surface area contributed by atoms with Crippen LogP contribution < -0.4 is 0 Å². The number of hydrogen-bond donors (Lipinski definition) is 3. The maximum absolute atomic E-state index is 9.97. The second-order valence-corrected chi connectivity index (χ2v) is 7.32. The van der Waals surface area contributed by atoms with Gasteiger partial charge >= 0.3 is 0 Å². The molecule has 3 N–H and O–H groups in total. The van der Waals surface area contributed by atoms with Crippen LogP contribution in [-0.2, 0) is 9.47 Å². The van der Waals surface area contributed by atoms with Crippen molar-refractivity contribution in [3.63, 3.8) is 0 Å². The minimum Gasteiger partial charge on any atom is -0.394 e. The standard InChI is InChI=1S/C21H40O5/c1-2-3-4-5-6-7-8-9-10-11-12-13-14-15-25-19-17-26-18(16-22)20(23)21(19)24/h7-8,18-24H,2-6,9-17H2,1H3/b8-7+/t18-,19+,20-,21-/m1/s1. The summed E-state index contributed by atoms with van der Waals surface area (Å²) in [6, 6.07) is 0. The highest BCUT2D eigenvalue weighted by atomic mass is 16.6. The van der Waals surface area contributed by atoms with Crippen LogP contribution in [0.25, 0.3) is 0 Å². The average molecular weight is 373 g/mol. The number of hydrogen-bond acceptors (Lipinski definition) is 5. The molecule has 1 saturated heterocycles. The molecule has 0 aliphatic carbocycles. The summed E-state index contributed by atoms with van der Waals surface area (Å²) in [6.45, 7) is 2.74. The van der Waals surface area contributed by atoms with Gasteiger partial charge in [0.2, 0.25) is 0 Å². The van der Waals surface area contributed by atoms with E-state index in [2.05, 4.69) is 19.1 Å². The van der Waals surface area contributed by atoms with Crippen molar-refractivity contribution in [3.05, 3.63) is 12.2 Å². The Labute approximate surface area is 159 Å². The predicted molar refractivity (Wildman–Crippen MR) is 104 cm³/mol. The van der Waals surface area contributed by atoms with E-state index >= 15 is 0 Å². The molecule has 4 atom stereocenters. The Bertz CT molecular complexity index is 347. The van der Waals surface area contributed by atoms with Crippen LogP contribution in [0.2, 0.25) is 0 Å². The Morgan fingerprint density at radius 3 is 2.15 bits per heavy atom. The topological polar surface area (TPSA) is 79.2 Å². The molecule has 1 aliphatic rings. The van der Waals surface area contributed by atoms with Crippen molar-refractivity contribution in [1.29, 1.82) is 0 Å². The molecule has 0 aromatic carbocycles. The first kappa shape index (κ1) is 23.6. The minimum atomic E-state index is -1.08. The smallest absolute Gasteiger partial charge is 0.111 e. The lowest BCUT2D eigenvalue weighted by molar-refractivity contribution is -0.208. The second-order valence-electron chi connectivity index (χ2n) is 7.32. The van der Waals surface area contributed by atoms with E-state index < -0.39 is 24.4 Å². The van der Waals surface area contributed by atoms with Gasteiger partial charge in [0.1, 0.15) is 24.4 Å². The molecule has 26 heavy (non-hydrogen) atoms. The van der Waals surface area contributed by atoms with E-state index in [4.69, 9.17) is 14.6 Å². The van der Waals surface area contributed by atoms with Crippen LogP contribution in [0.4, 0.5) is 0 Å². The van der Waals surface area contributed by atoms with Crippen LogP contribution in [0, 0.1) is 0 Å². The van der Waals surface area contributed by atoms with Gasteiger partial charge in [0, 0.05) is 6.61 Å². The molecule has 0 radical (unpaired) electrons. The first-order valence-electron chi connectivity index (χ1n) is 10.6. The zero-order chi connectivity index (χ0) is 19.0. The van der Waals surface area contributed by atoms with Gasteiger partial charge in [-0.05, 0) is 32.1 Å². The molecular weight excluding hydrogens is 332 g/mol. The third-order valence-corrected chi connectivity index (χ3v) is 5.00. The summed E-state index contributed by atoms with van der Waals surface area (Å²) in [6.07, 6.45) is 14.9. The van der Waals surface area contributed by atoms with E-state index in [0.717, 1.165) is 12.8 Å². The molecule has 0 spiro atoms. The fraction of sp³-hybridized carbons (Fsp3) is 0.905. The molecule has 1 rings (SSSR count). The van der Waals surface area contributed by atoms with Gasteiger partial charge in [-0.15, -0.1) is 0 Å². The van der Waals surface area contributed by atoms with Crippen molar-refractivity contribution in [2.24, 2.45) is 0 Å². The highest BCUT2D eigenvalue weighted by molar-refractivity contribution is 4.87. The van der Waals surface area contributed by atoms with Crippen molar-refractivity contribution in [2.75, 3.05) is 19.8 Å². The summed E-state index contributed by atoms with van der Waals surface area (Å²) in [5, 5.41) is 28.8. The molecule has 154 valence electrons. The van der Waals surface area contributed by atoms with Gasteiger partial charge in [0.05, 0.1) is 13.2 Å². The van der Waals surface area contributed by atoms with Crippen LogP contribution in [-0.4, -0.2) is 59.6 Å². The second kappa shape index (κ2) is 15.6. The zero-order valence-corrected chi connectivity index (χ0v) is 16.5. The Morgan fingerprint density at radius 2 is 1.50 bits per heavy atom. The highest BCUT2D eigenvalue weighted by Crippen LogP contribution is 2.18. The van der Waals surface area contributed by atoms with E-state index in [1.54, 1.807) is 0 Å². The quantitative estimate of drug-likeness (QED) is 0.303. The third-order valence-electron chi connectivity index (χ3n) is 5.00. The van der Waals surface area contributed by atoms with Gasteiger partial charge in [-0.2, -0.15) is 0 Å². The average Bonchev–Trinajstić information content (AvgIpc) is 2.65. The Hall–Kier alpha value is -0.460. The number of allylic oxidation sites excluding steroid dienone is 2. The minimum absolute atomic E-state index is 0.217. The van der Waals surface area contributed by atoms with E-state index in [1.165, 1.54) is 57.8 Å². The summed E-state index contributed by atoms with van der Waals surface area (Å²) < 4.78 is 10.9. The lowest BCUT2D eigenvalue weighted by Crippen LogP contribution is -2.55. The zero-order valence-electron chi connectivity index (χ0n) is 16.5. The fourth-order valence-corrected chi connectivity index (χ4v) is 3.22. The molecule has 0 amide bonds. The summed E-state index contributed by atoms with van der Waals surface area (Å²) in [5.41, 5.74) is 0. The number of rotatable bonds is 15. The maximum Gasteiger partial charge on any atom is 0.111 e. The molecule has 0 aromatic rings. The summed E-state index contributed by atoms with van der Waals surface area (Å²) in [4.78, 5) is 0. The summed E-state index contributed by atoms with van der Waals surface area (Å²) >= 11 is 0. The Kier molecular flexibility index (Phi) is 14.1. The van der Waals surface area contributed by atoms with Crippen LogP contribution in [0.15, 0.2) is 12.2 Å². The van der Waals surface area contributed by atoms with E-state index in [9.17, 15) is 10.2 Å². The largest absolute Gasteiger partial charge is 0.394 e. The van der Waals surface area contributed by atoms with Gasteiger partial charge in [-0.3, -0.25) is 0 Å². The molecule has 1 fully saturated rings. The van der Waals surface area contributed by atoms with Crippen LogP contribution >= 0.6 is 0 Å². The van der Waals surface area contributed by atoms with E-state index in [0.29, 0.717) is 6.61 Å². The molecular formula is C21H40O5. The van der Waals surface area contributed by atoms with Gasteiger partial charge in [-0.1, -0.05) is 57.6 Å². The monoisotopic (exact) mass is 372 g/mol. The predicted octanol–water partition coefficient (Wildman–Crippen LogP) is 3.35. The third kappa shape index (κ3) is 10.0. The molecule has 0 aromatic heterocycles. The van der Waals surface area contributed by atoms with Crippen molar-refractivity contribution >= 4 is 0 Å². The molecule has 0 bridgehead atoms. The summed E-state index contributed by atoms with van der Waals surface area (Å²) in [7, 11) is 0. The first-order chi connectivity index (χ1) is 12.7. The highest BCUT2D eigenvalue weighted by Gasteiger charge is 2.38. The van der Waals surface area contributed by atoms with E-state index in [-0.39, 0.29) is 13.2 Å². The first-order valence-corrected chi connectivity index (χ1v) is 10.6. The van der Waals surface area contributed by atoms with Crippen molar-refractivity contribution in [3.8, 4) is 0 Å². The lowest BCUT2D eigenvalue weighted by atomic mass is 10.0. The number of aliphatic hydroxyl groups excluding tert-OH is 3. The lowest BCUT2D eigenvalue weighted by Gasteiger charge is -2.36. The molecule has 1 heterocycles. The van der Waals surface area contributed by atoms with Crippen LogP contribution in [0.3, 0.4) is 0 Å². The number of unbranched alkanes of at least 4 members (excludes halogenated alkanes) is 9. The van der Waals surface area contributed by atoms with Crippen molar-refractivity contribution in [1.82, 2.24) is 0 Å². The van der Waals surface area contributed by atoms with Gasteiger partial charge in [0.25, 0.3) is 0 Å². The van der Waals surface area contributed by atoms with Crippen molar-refractivity contribution < 1.29 is 24.8 Å².